The average Bonchev–Trinajstić information content (AvgIpc) is 0.715. The molecule has 0 aliphatic carbocycles. The molecule has 70 heteroatoms. The fourth-order valence-electron chi connectivity index (χ4n) is 4.57. The third-order valence-corrected chi connectivity index (χ3v) is 9.47. The van der Waals surface area contributed by atoms with Crippen LogP contribution < -0.4 is 0 Å². The van der Waals surface area contributed by atoms with Crippen molar-refractivity contribution in [1.29, 1.82) is 0 Å². The highest BCUT2D eigenvalue weighted by molar-refractivity contribution is 5.82. The molecule has 0 aromatic carbocycles. The van der Waals surface area contributed by atoms with Gasteiger partial charge in [-0.1, -0.05) is 0 Å². The van der Waals surface area contributed by atoms with E-state index in [1.807, 2.05) is 0 Å². The topological polar surface area (TPSA) is 126 Å². The lowest BCUT2D eigenvalue weighted by Crippen LogP contribution is -2.72. The lowest BCUT2D eigenvalue weighted by Gasteiger charge is -2.44. The Morgan fingerprint density at radius 2 is 0.270 bits per heavy atom. The standard InChI is InChI=1S/C30F58O12/c31-3(13(43,44)45,93-25(77,78)7(37,17(55,56)57)97-29(85,86)11(41,21(67,68)69)99-27(81,82)9(39,19(61,62)63)95-23(73,74)5(33,34)15(49,50)51)1(89)91-92-2(90)4(32,14(46,47)48)94-26(79,80)8(38,18(58,59)60)98-30(87,88)12(42,22(70,71)72)100-28(83,84)10(40,20(64,65)66)96-24(75,76)6(35,36)16(52,53)54. The molecule has 0 aliphatic heterocycles. The molecule has 0 rings (SSSR count). The number of rotatable bonds is 26. The zero-order valence-electron chi connectivity index (χ0n) is 41.8. The van der Waals surface area contributed by atoms with Crippen LogP contribution in [0.4, 0.5) is 255 Å². The minimum atomic E-state index is -9.94. The fraction of sp³-hybridized carbons (Fsp3) is 0.933. The Hall–Kier alpha value is -5.44. The Bertz CT molecular complexity index is 2680. The van der Waals surface area contributed by atoms with Crippen LogP contribution in [0, 0.1) is 0 Å². The van der Waals surface area contributed by atoms with Gasteiger partial charge in [-0.2, -0.15) is 255 Å². The van der Waals surface area contributed by atoms with Crippen molar-refractivity contribution in [2.75, 3.05) is 0 Å². The predicted molar refractivity (Wildman–Crippen MR) is 162 cm³/mol. The summed E-state index contributed by atoms with van der Waals surface area (Å²) in [6, 6.07) is 0. The minimum absolute atomic E-state index is 0.581. The monoisotopic (exact) mass is 1650 g/mol. The van der Waals surface area contributed by atoms with Gasteiger partial charge in [0.2, 0.25) is 0 Å². The molecule has 12 nitrogen and oxygen atoms in total. The molecule has 0 amide bonds. The summed E-state index contributed by atoms with van der Waals surface area (Å²) in [5.74, 6) is -106. The van der Waals surface area contributed by atoms with E-state index in [2.05, 4.69) is 0 Å². The van der Waals surface area contributed by atoms with Crippen LogP contribution in [0.5, 0.6) is 0 Å². The number of halogens is 58. The highest BCUT2D eigenvalue weighted by Crippen LogP contribution is 2.65. The van der Waals surface area contributed by atoms with Gasteiger partial charge in [0.25, 0.3) is 0 Å². The summed E-state index contributed by atoms with van der Waals surface area (Å²) in [6.45, 7) is 0. The molecular weight excluding hydrogens is 1650 g/mol. The van der Waals surface area contributed by atoms with Crippen molar-refractivity contribution in [3.05, 3.63) is 0 Å². The van der Waals surface area contributed by atoms with E-state index < -0.39 is 181 Å². The molecule has 8 unspecified atom stereocenters. The van der Waals surface area contributed by atoms with Crippen molar-refractivity contribution >= 4 is 11.9 Å². The van der Waals surface area contributed by atoms with Crippen LogP contribution in [0.1, 0.15) is 0 Å². The second-order valence-corrected chi connectivity index (χ2v) is 16.6. The van der Waals surface area contributed by atoms with Gasteiger partial charge in [-0.15, -0.1) is 0 Å². The number of hydrogen-bond acceptors (Lipinski definition) is 12. The third-order valence-electron chi connectivity index (χ3n) is 9.47. The number of ether oxygens (including phenoxy) is 8. The van der Waals surface area contributed by atoms with E-state index in [0.29, 0.717) is 28.4 Å². The quantitative estimate of drug-likeness (QED) is 0.0465. The first-order valence-electron chi connectivity index (χ1n) is 20.2. The first-order chi connectivity index (χ1) is 42.2. The molecule has 0 fully saturated rings. The van der Waals surface area contributed by atoms with Gasteiger partial charge in [0.05, 0.1) is 0 Å². The normalized spacial score (nSPS) is 20.5. The van der Waals surface area contributed by atoms with Gasteiger partial charge in [-0.25, -0.2) is 19.4 Å². The van der Waals surface area contributed by atoms with Crippen molar-refractivity contribution in [1.82, 2.24) is 0 Å². The van der Waals surface area contributed by atoms with E-state index in [4.69, 9.17) is 0 Å². The molecule has 598 valence electrons. The second-order valence-electron chi connectivity index (χ2n) is 16.6. The van der Waals surface area contributed by atoms with Crippen LogP contribution in [-0.2, 0) is 57.3 Å². The van der Waals surface area contributed by atoms with Gasteiger partial charge in [-0.3, -0.25) is 37.9 Å². The Morgan fingerprint density at radius 3 is 0.380 bits per heavy atom. The summed E-state index contributed by atoms with van der Waals surface area (Å²) in [4.78, 5) is 26.3. The fourth-order valence-corrected chi connectivity index (χ4v) is 4.57. The molecule has 0 saturated carbocycles. The zero-order valence-corrected chi connectivity index (χ0v) is 41.8. The van der Waals surface area contributed by atoms with E-state index in [0.717, 1.165) is 9.47 Å². The van der Waals surface area contributed by atoms with Gasteiger partial charge < -0.3 is 0 Å². The summed E-state index contributed by atoms with van der Waals surface area (Å²) in [5, 5.41) is 0. The highest BCUT2D eigenvalue weighted by Gasteiger charge is 2.94. The molecule has 0 spiro atoms. The lowest BCUT2D eigenvalue weighted by molar-refractivity contribution is -0.592. The Morgan fingerprint density at radius 1 is 0.150 bits per heavy atom. The molecule has 0 heterocycles. The van der Waals surface area contributed by atoms with E-state index in [-0.39, 0.29) is 0 Å². The van der Waals surface area contributed by atoms with Crippen LogP contribution >= 0.6 is 0 Å². The van der Waals surface area contributed by atoms with E-state index in [1.54, 1.807) is 0 Å². The van der Waals surface area contributed by atoms with Crippen molar-refractivity contribution in [2.45, 2.75) is 169 Å². The third kappa shape index (κ3) is 15.8. The SMILES string of the molecule is O=C(OOC(=O)C(F)(OC(F)(F)C(F)(OC(F)(F)C(F)(OC(F)(F)C(F)(OC(F)(F)C(F)(F)C(F)(F)F)C(F)(F)F)C(F)(F)F)C(F)(F)F)C(F)(F)F)C(F)(OC(F)(F)C(F)(OC(F)(F)C(F)(OC(F)(F)C(F)(OC(F)(F)C(F)(F)C(F)(F)F)C(F)(F)F)C(F)(F)F)C(F)(F)F)C(F)(F)F. The molecule has 100 heavy (non-hydrogen) atoms. The Labute approximate surface area is 494 Å². The summed E-state index contributed by atoms with van der Waals surface area (Å²) < 4.78 is 799. The number of carbonyl (C=O) groups excluding carboxylic acids is 2. The van der Waals surface area contributed by atoms with Gasteiger partial charge >= 0.3 is 181 Å². The lowest BCUT2D eigenvalue weighted by atomic mass is 10.2. The molecule has 0 aliphatic rings. The summed E-state index contributed by atoms with van der Waals surface area (Å²) in [7, 11) is 0. The molecule has 0 bridgehead atoms. The minimum Gasteiger partial charge on any atom is -0.263 e. The van der Waals surface area contributed by atoms with Crippen molar-refractivity contribution in [3.63, 3.8) is 0 Å². The smallest absolute Gasteiger partial charge is 0.263 e. The molecule has 0 radical (unpaired) electrons. The van der Waals surface area contributed by atoms with Crippen LogP contribution in [0.2, 0.25) is 0 Å². The maximum absolute atomic E-state index is 14.9. The zero-order chi connectivity index (χ0) is 82.2. The van der Waals surface area contributed by atoms with Crippen LogP contribution in [0.15, 0.2) is 0 Å². The molecule has 0 saturated heterocycles. The summed E-state index contributed by atoms with van der Waals surface area (Å²) in [6.07, 6.45) is -168. The molecular formula is C30F58O12. The van der Waals surface area contributed by atoms with E-state index in [9.17, 15) is 264 Å². The maximum Gasteiger partial charge on any atom is 0.462 e. The molecule has 0 aromatic heterocycles. The number of alkyl halides is 58. The summed E-state index contributed by atoms with van der Waals surface area (Å²) in [5.41, 5.74) is 0. The largest absolute Gasteiger partial charge is 0.462 e. The summed E-state index contributed by atoms with van der Waals surface area (Å²) >= 11 is 0. The van der Waals surface area contributed by atoms with Gasteiger partial charge in [0.1, 0.15) is 0 Å². The Kier molecular flexibility index (Phi) is 23.8. The Balaban J connectivity index is 8.24. The van der Waals surface area contributed by atoms with E-state index >= 15 is 0 Å². The van der Waals surface area contributed by atoms with Crippen LogP contribution in [0.25, 0.3) is 0 Å². The van der Waals surface area contributed by atoms with Crippen molar-refractivity contribution < 1.29 is 312 Å². The van der Waals surface area contributed by atoms with Crippen LogP contribution in [0.3, 0.4) is 0 Å². The average molecular weight is 1650 g/mol. The first kappa shape index (κ1) is 94.6. The second kappa shape index (κ2) is 25.1. The van der Waals surface area contributed by atoms with Crippen molar-refractivity contribution in [2.24, 2.45) is 0 Å². The molecule has 0 N–H and O–H groups in total. The van der Waals surface area contributed by atoms with Gasteiger partial charge in [0.15, 0.2) is 0 Å². The predicted octanol–water partition coefficient (Wildman–Crippen LogP) is 17.1. The van der Waals surface area contributed by atoms with Crippen LogP contribution in [-0.4, -0.2) is 181 Å². The first-order valence-corrected chi connectivity index (χ1v) is 20.2. The van der Waals surface area contributed by atoms with Gasteiger partial charge in [0, 0.05) is 0 Å². The van der Waals surface area contributed by atoms with Gasteiger partial charge in [-0.05, 0) is 0 Å². The number of carbonyl (C=O) groups is 2. The molecule has 8 atom stereocenters. The highest BCUT2D eigenvalue weighted by atomic mass is 19.5. The molecule has 0 aromatic rings. The van der Waals surface area contributed by atoms with E-state index in [1.165, 1.54) is 9.78 Å². The number of hydrogen-bond donors (Lipinski definition) is 0. The maximum atomic E-state index is 14.9. The van der Waals surface area contributed by atoms with Crippen molar-refractivity contribution in [3.8, 4) is 0 Å².